The highest BCUT2D eigenvalue weighted by atomic mass is 32.1. The number of nitrogen functional groups attached to an aromatic ring is 1. The zero-order valence-electron chi connectivity index (χ0n) is 23.4. The zero-order chi connectivity index (χ0) is 27.9. The lowest BCUT2D eigenvalue weighted by Gasteiger charge is -2.35. The number of hydrogen-bond donors (Lipinski definition) is 3. The number of nitrogens with two attached hydrogens (primary N) is 2. The van der Waals surface area contributed by atoms with Gasteiger partial charge in [0.05, 0.1) is 13.2 Å². The van der Waals surface area contributed by atoms with Crippen LogP contribution in [0.25, 0.3) is 5.70 Å². The summed E-state index contributed by atoms with van der Waals surface area (Å²) in [5.74, 6) is 0.901. The van der Waals surface area contributed by atoms with Crippen LogP contribution in [0.1, 0.15) is 24.5 Å². The van der Waals surface area contributed by atoms with Gasteiger partial charge in [-0.1, -0.05) is 13.0 Å². The Morgan fingerprint density at radius 2 is 1.90 bits per heavy atom. The first-order chi connectivity index (χ1) is 18.8. The van der Waals surface area contributed by atoms with Gasteiger partial charge in [0.2, 0.25) is 5.95 Å². The third-order valence-electron chi connectivity index (χ3n) is 7.20. The van der Waals surface area contributed by atoms with Gasteiger partial charge in [-0.05, 0) is 49.8 Å². The number of methoxy groups -OCH3 is 1. The first-order valence-electron chi connectivity index (χ1n) is 13.3. The predicted octanol–water partition coefficient (Wildman–Crippen LogP) is 2.17. The quantitative estimate of drug-likeness (QED) is 0.330. The van der Waals surface area contributed by atoms with Gasteiger partial charge in [0.1, 0.15) is 0 Å². The van der Waals surface area contributed by atoms with E-state index in [0.717, 1.165) is 49.5 Å². The molecule has 5 N–H and O–H groups in total. The maximum absolute atomic E-state index is 6.61. The van der Waals surface area contributed by atoms with Crippen molar-refractivity contribution >= 4 is 46.2 Å². The minimum Gasteiger partial charge on any atom is -0.398 e. The van der Waals surface area contributed by atoms with Gasteiger partial charge in [0.25, 0.3) is 0 Å². The number of aromatic nitrogens is 2. The first kappa shape index (κ1) is 28.5. The fraction of sp³-hybridized carbons (Fsp3) is 0.481. The molecule has 0 unspecified atom stereocenters. The molecule has 210 valence electrons. The van der Waals surface area contributed by atoms with Crippen LogP contribution in [-0.2, 0) is 4.74 Å². The molecule has 2 aliphatic rings. The molecule has 0 amide bonds. The molecule has 0 aliphatic carbocycles. The van der Waals surface area contributed by atoms with Gasteiger partial charge in [-0.15, -0.1) is 0 Å². The van der Waals surface area contributed by atoms with E-state index in [0.29, 0.717) is 48.3 Å². The fourth-order valence-electron chi connectivity index (χ4n) is 4.70. The van der Waals surface area contributed by atoms with Crippen LogP contribution < -0.4 is 21.7 Å². The molecule has 4 rings (SSSR count). The molecule has 11 nitrogen and oxygen atoms in total. The molecule has 0 spiro atoms. The number of ether oxygens (including phenoxy) is 1. The Kier molecular flexibility index (Phi) is 9.54. The summed E-state index contributed by atoms with van der Waals surface area (Å²) in [6.45, 7) is 11.4. The Hall–Kier alpha value is -3.48. The van der Waals surface area contributed by atoms with Gasteiger partial charge in [0.15, 0.2) is 10.9 Å². The number of anilines is 3. The maximum atomic E-state index is 6.61. The molecule has 3 heterocycles. The fourth-order valence-corrected chi connectivity index (χ4v) is 4.99. The number of hydrazone groups is 1. The van der Waals surface area contributed by atoms with Crippen molar-refractivity contribution in [1.82, 2.24) is 24.8 Å². The van der Waals surface area contributed by atoms with Crippen molar-refractivity contribution in [2.45, 2.75) is 20.3 Å². The lowest BCUT2D eigenvalue weighted by Crippen LogP contribution is -2.46. The highest BCUT2D eigenvalue weighted by molar-refractivity contribution is 7.80. The second-order valence-corrected chi connectivity index (χ2v) is 10.2. The lowest BCUT2D eigenvalue weighted by atomic mass is 10.1. The van der Waals surface area contributed by atoms with E-state index in [1.165, 1.54) is 5.69 Å². The standard InChI is InChI=1S/C27H40N10OS/c1-5-35-10-12-36(13-11-35)21-7-6-19(2)23(16-21)32-27(39)37-9-8-22(25(37)33-34(3)14-15-38-4)24(28)20-17-30-26(29)31-18-20/h6-7,16-18H,5,8-15,28H2,1-4H3,(H,32,39)(H2,29,30,31). The van der Waals surface area contributed by atoms with E-state index in [1.54, 1.807) is 19.5 Å². The monoisotopic (exact) mass is 552 g/mol. The van der Waals surface area contributed by atoms with Crippen LogP contribution in [0, 0.1) is 6.92 Å². The average Bonchev–Trinajstić information content (AvgIpc) is 3.36. The molecule has 39 heavy (non-hydrogen) atoms. The summed E-state index contributed by atoms with van der Waals surface area (Å²) in [6.07, 6.45) is 3.94. The summed E-state index contributed by atoms with van der Waals surface area (Å²) >= 11 is 5.94. The Balaban J connectivity index is 1.58. The number of nitrogens with zero attached hydrogens (tertiary/aromatic N) is 7. The largest absolute Gasteiger partial charge is 0.398 e. The predicted molar refractivity (Wildman–Crippen MR) is 163 cm³/mol. The van der Waals surface area contributed by atoms with E-state index in [1.807, 2.05) is 17.0 Å². The van der Waals surface area contributed by atoms with E-state index < -0.39 is 0 Å². The molecule has 2 aromatic rings. The summed E-state index contributed by atoms with van der Waals surface area (Å²) in [5, 5.41) is 10.8. The molecule has 12 heteroatoms. The number of hydrogen-bond acceptors (Lipinski definition) is 10. The minimum atomic E-state index is 0.202. The smallest absolute Gasteiger partial charge is 0.219 e. The van der Waals surface area contributed by atoms with Crippen molar-refractivity contribution in [2.24, 2.45) is 10.8 Å². The Labute approximate surface area is 236 Å². The Morgan fingerprint density at radius 3 is 2.56 bits per heavy atom. The molecule has 2 fully saturated rings. The molecule has 0 saturated carbocycles. The summed E-state index contributed by atoms with van der Waals surface area (Å²) in [6, 6.07) is 6.53. The second-order valence-electron chi connectivity index (χ2n) is 9.77. The SMILES string of the molecule is CCN1CCN(c2ccc(C)c(NC(=S)N3CCC(=C(N)c4cnc(N)nc4)C3=NN(C)CCOC)c2)CC1. The van der Waals surface area contributed by atoms with Crippen LogP contribution in [0.15, 0.2) is 41.3 Å². The average molecular weight is 553 g/mol. The Bertz CT molecular complexity index is 1210. The third kappa shape index (κ3) is 6.94. The first-order valence-corrected chi connectivity index (χ1v) is 13.7. The van der Waals surface area contributed by atoms with E-state index in [2.05, 4.69) is 57.1 Å². The maximum Gasteiger partial charge on any atom is 0.219 e. The van der Waals surface area contributed by atoms with E-state index >= 15 is 0 Å². The number of nitrogens with one attached hydrogen (secondary N) is 1. The van der Waals surface area contributed by atoms with Crippen molar-refractivity contribution in [3.8, 4) is 0 Å². The normalized spacial score (nSPS) is 18.5. The minimum absolute atomic E-state index is 0.202. The molecular formula is C27H40N10OS. The summed E-state index contributed by atoms with van der Waals surface area (Å²) in [4.78, 5) is 15.1. The van der Waals surface area contributed by atoms with Gasteiger partial charge >= 0.3 is 0 Å². The number of rotatable bonds is 8. The third-order valence-corrected chi connectivity index (χ3v) is 7.52. The van der Waals surface area contributed by atoms with Crippen LogP contribution in [0.5, 0.6) is 0 Å². The van der Waals surface area contributed by atoms with Crippen molar-refractivity contribution < 1.29 is 4.74 Å². The van der Waals surface area contributed by atoms with Gasteiger partial charge in [0, 0.05) is 87.5 Å². The van der Waals surface area contributed by atoms with Crippen LogP contribution in [0.3, 0.4) is 0 Å². The van der Waals surface area contributed by atoms with Crippen LogP contribution in [0.2, 0.25) is 0 Å². The summed E-state index contributed by atoms with van der Waals surface area (Å²) in [5.41, 5.74) is 17.7. The van der Waals surface area contributed by atoms with Crippen LogP contribution in [0.4, 0.5) is 17.3 Å². The zero-order valence-corrected chi connectivity index (χ0v) is 24.2. The number of amidine groups is 1. The molecule has 2 saturated heterocycles. The van der Waals surface area contributed by atoms with Crippen LogP contribution >= 0.6 is 12.2 Å². The highest BCUT2D eigenvalue weighted by Gasteiger charge is 2.31. The van der Waals surface area contributed by atoms with Crippen molar-refractivity contribution in [2.75, 3.05) is 82.5 Å². The number of likely N-dealkylation sites (N-methyl/N-ethyl adjacent to an activating group) is 2. The number of thiocarbonyl (C=S) groups is 1. The molecule has 0 radical (unpaired) electrons. The van der Waals surface area contributed by atoms with Gasteiger partial charge < -0.3 is 36.2 Å². The van der Waals surface area contributed by atoms with Crippen molar-refractivity contribution in [1.29, 1.82) is 0 Å². The number of aryl methyl sites for hydroxylation is 1. The molecule has 2 aliphatic heterocycles. The summed E-state index contributed by atoms with van der Waals surface area (Å²) in [7, 11) is 3.58. The second kappa shape index (κ2) is 13.0. The van der Waals surface area contributed by atoms with Gasteiger partial charge in [-0.3, -0.25) is 5.01 Å². The molecule has 0 atom stereocenters. The molecule has 0 bridgehead atoms. The number of piperazine rings is 1. The van der Waals surface area contributed by atoms with Crippen molar-refractivity contribution in [3.05, 3.63) is 47.3 Å². The van der Waals surface area contributed by atoms with Gasteiger partial charge in [-0.2, -0.15) is 5.10 Å². The van der Waals surface area contributed by atoms with Crippen LogP contribution in [-0.4, -0.2) is 102 Å². The van der Waals surface area contributed by atoms with E-state index in [-0.39, 0.29) is 5.95 Å². The summed E-state index contributed by atoms with van der Waals surface area (Å²) < 4.78 is 5.24. The highest BCUT2D eigenvalue weighted by Crippen LogP contribution is 2.28. The molecular weight excluding hydrogens is 512 g/mol. The van der Waals surface area contributed by atoms with Crippen molar-refractivity contribution in [3.63, 3.8) is 0 Å². The molecule has 1 aromatic carbocycles. The number of benzene rings is 1. The van der Waals surface area contributed by atoms with E-state index in [4.69, 9.17) is 33.5 Å². The topological polar surface area (TPSA) is 124 Å². The molecule has 1 aromatic heterocycles. The lowest BCUT2D eigenvalue weighted by molar-refractivity contribution is 0.163. The number of likely N-dealkylation sites (tertiary alicyclic amines) is 1. The van der Waals surface area contributed by atoms with E-state index in [9.17, 15) is 0 Å². The Morgan fingerprint density at radius 1 is 1.18 bits per heavy atom. The van der Waals surface area contributed by atoms with Gasteiger partial charge in [-0.25, -0.2) is 9.97 Å².